The van der Waals surface area contributed by atoms with Crippen molar-refractivity contribution in [3.63, 3.8) is 0 Å². The van der Waals surface area contributed by atoms with Gasteiger partial charge in [-0.2, -0.15) is 23.2 Å². The Morgan fingerprint density at radius 3 is 2.54 bits per heavy atom. The summed E-state index contributed by atoms with van der Waals surface area (Å²) >= 11 is 0. The number of hydrogen-bond acceptors (Lipinski definition) is 6. The molecule has 1 aliphatic rings. The largest absolute Gasteiger partial charge is 0.495 e. The van der Waals surface area contributed by atoms with E-state index in [1.165, 1.54) is 19.2 Å². The number of hydrogen-bond donors (Lipinski definition) is 1. The van der Waals surface area contributed by atoms with E-state index >= 15 is 0 Å². The molecule has 0 spiro atoms. The first-order valence-electron chi connectivity index (χ1n) is 11.1. The van der Waals surface area contributed by atoms with Gasteiger partial charge in [-0.05, 0) is 50.8 Å². The van der Waals surface area contributed by atoms with Crippen LogP contribution in [0.5, 0.6) is 5.75 Å². The Morgan fingerprint density at radius 1 is 1.34 bits per heavy atom. The molecule has 12 heteroatoms. The minimum atomic E-state index is -4.72. The van der Waals surface area contributed by atoms with Gasteiger partial charge in [0.2, 0.25) is 10.0 Å². The van der Waals surface area contributed by atoms with Gasteiger partial charge in [-0.15, -0.1) is 0 Å². The van der Waals surface area contributed by atoms with Gasteiger partial charge in [0.15, 0.2) is 0 Å². The lowest BCUT2D eigenvalue weighted by Gasteiger charge is -2.29. The molecule has 8 nitrogen and oxygen atoms in total. The van der Waals surface area contributed by atoms with Crippen molar-refractivity contribution in [3.8, 4) is 23.2 Å². The van der Waals surface area contributed by atoms with Crippen molar-refractivity contribution in [1.82, 2.24) is 19.3 Å². The van der Waals surface area contributed by atoms with Gasteiger partial charge in [0.05, 0.1) is 29.8 Å². The summed E-state index contributed by atoms with van der Waals surface area (Å²) in [4.78, 5) is 8.62. The number of methoxy groups -OCH3 is 1. The van der Waals surface area contributed by atoms with Crippen molar-refractivity contribution in [2.24, 2.45) is 0 Å². The maximum absolute atomic E-state index is 12.8. The SMILES string of the molecule is CCc1nc2c(cc1OC)c(C#N)c(-c1ccc(S(=O)(=O)N[C@H](C)C(F)(F)F)cn1)n2C1CCC1. The lowest BCUT2D eigenvalue weighted by atomic mass is 9.92. The van der Waals surface area contributed by atoms with E-state index in [9.17, 15) is 26.9 Å². The second-order valence-corrected chi connectivity index (χ2v) is 10.1. The molecule has 0 aliphatic heterocycles. The molecule has 0 amide bonds. The molecule has 1 atom stereocenters. The van der Waals surface area contributed by atoms with E-state index < -0.39 is 27.1 Å². The highest BCUT2D eigenvalue weighted by Crippen LogP contribution is 2.42. The van der Waals surface area contributed by atoms with Gasteiger partial charge >= 0.3 is 6.18 Å². The Kier molecular flexibility index (Phi) is 6.50. The minimum absolute atomic E-state index is 0.0970. The molecule has 1 saturated carbocycles. The fraction of sp³-hybridized carbons (Fsp3) is 0.435. The van der Waals surface area contributed by atoms with Gasteiger partial charge in [-0.25, -0.2) is 13.4 Å². The molecule has 35 heavy (non-hydrogen) atoms. The maximum atomic E-state index is 12.8. The molecule has 0 radical (unpaired) electrons. The third-order valence-electron chi connectivity index (χ3n) is 6.24. The number of aromatic nitrogens is 3. The minimum Gasteiger partial charge on any atom is -0.495 e. The van der Waals surface area contributed by atoms with Gasteiger partial charge in [0, 0.05) is 17.6 Å². The van der Waals surface area contributed by atoms with Crippen LogP contribution in [0.15, 0.2) is 29.3 Å². The summed E-state index contributed by atoms with van der Waals surface area (Å²) in [6.07, 6.45) is -0.297. The predicted molar refractivity (Wildman–Crippen MR) is 122 cm³/mol. The van der Waals surface area contributed by atoms with Crippen LogP contribution in [0.3, 0.4) is 0 Å². The second-order valence-electron chi connectivity index (χ2n) is 8.42. The Bertz CT molecular complexity index is 1410. The van der Waals surface area contributed by atoms with Crippen LogP contribution in [0, 0.1) is 11.3 Å². The third kappa shape index (κ3) is 4.46. The highest BCUT2D eigenvalue weighted by atomic mass is 32.2. The fourth-order valence-corrected chi connectivity index (χ4v) is 5.26. The molecule has 1 N–H and O–H groups in total. The van der Waals surface area contributed by atoms with Crippen molar-refractivity contribution in [2.45, 2.75) is 62.7 Å². The average Bonchev–Trinajstić information content (AvgIpc) is 3.09. The molecule has 186 valence electrons. The van der Waals surface area contributed by atoms with Crippen LogP contribution in [-0.4, -0.2) is 42.3 Å². The molecule has 3 heterocycles. The molecular formula is C23H24F3N5O3S. The van der Waals surface area contributed by atoms with Gasteiger partial charge in [-0.1, -0.05) is 6.92 Å². The van der Waals surface area contributed by atoms with Crippen LogP contribution in [0.2, 0.25) is 0 Å². The van der Waals surface area contributed by atoms with Crippen molar-refractivity contribution >= 4 is 21.1 Å². The lowest BCUT2D eigenvalue weighted by Crippen LogP contribution is -2.42. The highest BCUT2D eigenvalue weighted by molar-refractivity contribution is 7.89. The summed E-state index contributed by atoms with van der Waals surface area (Å²) in [5.41, 5.74) is 2.51. The summed E-state index contributed by atoms with van der Waals surface area (Å²) in [5, 5.41) is 10.6. The van der Waals surface area contributed by atoms with Crippen molar-refractivity contribution < 1.29 is 26.3 Å². The monoisotopic (exact) mass is 507 g/mol. The van der Waals surface area contributed by atoms with Crippen molar-refractivity contribution in [2.75, 3.05) is 7.11 Å². The first kappa shape index (κ1) is 24.9. The molecule has 0 saturated heterocycles. The number of alkyl halides is 3. The summed E-state index contributed by atoms with van der Waals surface area (Å²) in [5.74, 6) is 0.563. The third-order valence-corrected chi connectivity index (χ3v) is 7.76. The Morgan fingerprint density at radius 2 is 2.06 bits per heavy atom. The van der Waals surface area contributed by atoms with E-state index in [-0.39, 0.29) is 6.04 Å². The molecule has 1 fully saturated rings. The Hall–Kier alpha value is -3.17. The van der Waals surface area contributed by atoms with E-state index in [2.05, 4.69) is 11.1 Å². The smallest absolute Gasteiger partial charge is 0.404 e. The van der Waals surface area contributed by atoms with Gasteiger partial charge in [0.25, 0.3) is 0 Å². The van der Waals surface area contributed by atoms with Crippen LogP contribution in [-0.2, 0) is 16.4 Å². The fourth-order valence-electron chi connectivity index (χ4n) is 4.09. The topological polar surface area (TPSA) is 110 Å². The van der Waals surface area contributed by atoms with Gasteiger partial charge in [-0.3, -0.25) is 4.98 Å². The van der Waals surface area contributed by atoms with Crippen LogP contribution in [0.4, 0.5) is 13.2 Å². The number of aryl methyl sites for hydroxylation is 1. The quantitative estimate of drug-likeness (QED) is 0.505. The molecule has 3 aromatic rings. The highest BCUT2D eigenvalue weighted by Gasteiger charge is 2.39. The molecular weight excluding hydrogens is 483 g/mol. The summed E-state index contributed by atoms with van der Waals surface area (Å²) < 4.78 is 72.4. The van der Waals surface area contributed by atoms with Crippen LogP contribution < -0.4 is 9.46 Å². The van der Waals surface area contributed by atoms with E-state index in [0.717, 1.165) is 38.1 Å². The molecule has 0 bridgehead atoms. The maximum Gasteiger partial charge on any atom is 0.404 e. The van der Waals surface area contributed by atoms with E-state index in [1.54, 1.807) is 10.8 Å². The first-order chi connectivity index (χ1) is 16.5. The first-order valence-corrected chi connectivity index (χ1v) is 12.6. The van der Waals surface area contributed by atoms with E-state index in [0.29, 0.717) is 40.2 Å². The average molecular weight is 508 g/mol. The Balaban J connectivity index is 1.85. The zero-order valence-corrected chi connectivity index (χ0v) is 20.2. The molecule has 4 rings (SSSR count). The van der Waals surface area contributed by atoms with Crippen LogP contribution in [0.1, 0.15) is 50.4 Å². The number of fused-ring (bicyclic) bond motifs is 1. The zero-order valence-electron chi connectivity index (χ0n) is 19.3. The molecule has 0 unspecified atom stereocenters. The van der Waals surface area contributed by atoms with Crippen molar-refractivity contribution in [3.05, 3.63) is 35.7 Å². The summed E-state index contributed by atoms with van der Waals surface area (Å²) in [7, 11) is -2.92. The number of ether oxygens (including phenoxy) is 1. The number of pyridine rings is 2. The predicted octanol–water partition coefficient (Wildman–Crippen LogP) is 4.50. The second kappa shape index (κ2) is 9.13. The number of nitriles is 1. The lowest BCUT2D eigenvalue weighted by molar-refractivity contribution is -0.147. The number of nitrogens with one attached hydrogen (secondary N) is 1. The zero-order chi connectivity index (χ0) is 25.5. The summed E-state index contributed by atoms with van der Waals surface area (Å²) in [6, 6.07) is 4.42. The van der Waals surface area contributed by atoms with Gasteiger partial charge < -0.3 is 9.30 Å². The number of nitrogens with zero attached hydrogens (tertiary/aromatic N) is 4. The van der Waals surface area contributed by atoms with Crippen LogP contribution in [0.25, 0.3) is 22.4 Å². The normalized spacial score (nSPS) is 15.6. The number of rotatable bonds is 7. The molecule has 0 aromatic carbocycles. The van der Waals surface area contributed by atoms with Gasteiger partial charge in [0.1, 0.15) is 28.4 Å². The van der Waals surface area contributed by atoms with Crippen LogP contribution >= 0.6 is 0 Å². The number of halogens is 3. The Labute approximate surface area is 200 Å². The van der Waals surface area contributed by atoms with Crippen molar-refractivity contribution in [1.29, 1.82) is 5.26 Å². The van der Waals surface area contributed by atoms with E-state index in [1.807, 2.05) is 11.5 Å². The van der Waals surface area contributed by atoms with E-state index in [4.69, 9.17) is 9.72 Å². The standard InChI is InChI=1S/C23H24F3N5O3S/c1-4-18-20(34-3)10-16-17(11-27)21(31(22(16)29-18)14-6-5-7-14)19-9-8-15(12-28-19)35(32,33)30-13(2)23(24,25)26/h8-10,12-14,30H,4-7H2,1-3H3/t13-/m1/s1. The molecule has 1 aliphatic carbocycles. The summed E-state index contributed by atoms with van der Waals surface area (Å²) in [6.45, 7) is 2.68. The molecule has 3 aromatic heterocycles. The number of sulfonamides is 1.